The van der Waals surface area contributed by atoms with Gasteiger partial charge < -0.3 is 10.1 Å². The largest absolute Gasteiger partial charge is 0.487 e. The molecule has 0 heterocycles. The quantitative estimate of drug-likeness (QED) is 0.763. The third-order valence-corrected chi connectivity index (χ3v) is 3.62. The van der Waals surface area contributed by atoms with Gasteiger partial charge in [0.05, 0.1) is 0 Å². The van der Waals surface area contributed by atoms with Crippen LogP contribution in [0, 0.1) is 11.6 Å². The van der Waals surface area contributed by atoms with Crippen molar-refractivity contribution >= 4 is 0 Å². The highest BCUT2D eigenvalue weighted by Gasteiger charge is 2.38. The van der Waals surface area contributed by atoms with Crippen LogP contribution in [0.2, 0.25) is 0 Å². The van der Waals surface area contributed by atoms with Crippen molar-refractivity contribution < 1.29 is 13.5 Å². The Morgan fingerprint density at radius 1 is 1.16 bits per heavy atom. The average molecular weight is 269 g/mol. The van der Waals surface area contributed by atoms with Crippen molar-refractivity contribution in [1.82, 2.24) is 5.32 Å². The maximum absolute atomic E-state index is 13.1. The van der Waals surface area contributed by atoms with Gasteiger partial charge in [0.25, 0.3) is 0 Å². The molecular formula is C15H21F2NO. The van der Waals surface area contributed by atoms with Crippen LogP contribution in [0.4, 0.5) is 8.78 Å². The third-order valence-electron chi connectivity index (χ3n) is 3.62. The third kappa shape index (κ3) is 3.90. The van der Waals surface area contributed by atoms with E-state index in [9.17, 15) is 8.78 Å². The van der Waals surface area contributed by atoms with Crippen LogP contribution >= 0.6 is 0 Å². The second kappa shape index (κ2) is 6.33. The number of hydrogen-bond acceptors (Lipinski definition) is 2. The summed E-state index contributed by atoms with van der Waals surface area (Å²) >= 11 is 0. The lowest BCUT2D eigenvalue weighted by molar-refractivity contribution is -0.0146. The van der Waals surface area contributed by atoms with Gasteiger partial charge in [-0.05, 0) is 45.2 Å². The van der Waals surface area contributed by atoms with Gasteiger partial charge in [-0.15, -0.1) is 0 Å². The van der Waals surface area contributed by atoms with Gasteiger partial charge in [-0.1, -0.05) is 6.92 Å². The van der Waals surface area contributed by atoms with Gasteiger partial charge in [-0.25, -0.2) is 8.78 Å². The molecule has 1 aromatic rings. The standard InChI is InChI=1S/C15H21F2NO/c1-2-7-18-8-6-15(4-3-5-15)19-14-10-12(16)9-13(17)11-14/h9-11,18H,2-8H2,1H3. The SMILES string of the molecule is CCCNCCC1(Oc2cc(F)cc(F)c2)CCC1. The fraction of sp³-hybridized carbons (Fsp3) is 0.600. The second-order valence-electron chi connectivity index (χ2n) is 5.24. The van der Waals surface area contributed by atoms with Gasteiger partial charge >= 0.3 is 0 Å². The van der Waals surface area contributed by atoms with Gasteiger partial charge in [-0.2, -0.15) is 0 Å². The van der Waals surface area contributed by atoms with Gasteiger partial charge in [0.2, 0.25) is 0 Å². The van der Waals surface area contributed by atoms with Crippen molar-refractivity contribution in [2.45, 2.75) is 44.6 Å². The van der Waals surface area contributed by atoms with Crippen molar-refractivity contribution in [3.63, 3.8) is 0 Å². The van der Waals surface area contributed by atoms with E-state index in [1.165, 1.54) is 12.1 Å². The number of halogens is 2. The molecular weight excluding hydrogens is 248 g/mol. The summed E-state index contributed by atoms with van der Waals surface area (Å²) in [6.45, 7) is 3.99. The summed E-state index contributed by atoms with van der Waals surface area (Å²) in [6.07, 6.45) is 5.01. The summed E-state index contributed by atoms with van der Waals surface area (Å²) in [5.74, 6) is -0.880. The second-order valence-corrected chi connectivity index (χ2v) is 5.24. The number of ether oxygens (including phenoxy) is 1. The van der Waals surface area contributed by atoms with Gasteiger partial charge in [0, 0.05) is 18.2 Å². The minimum absolute atomic E-state index is 0.235. The Morgan fingerprint density at radius 2 is 1.84 bits per heavy atom. The minimum Gasteiger partial charge on any atom is -0.487 e. The van der Waals surface area contributed by atoms with Crippen molar-refractivity contribution in [2.75, 3.05) is 13.1 Å². The fourth-order valence-corrected chi connectivity index (χ4v) is 2.43. The van der Waals surface area contributed by atoms with E-state index in [1.54, 1.807) is 0 Å². The summed E-state index contributed by atoms with van der Waals surface area (Å²) in [5, 5.41) is 3.34. The summed E-state index contributed by atoms with van der Waals surface area (Å²) in [7, 11) is 0. The van der Waals surface area contributed by atoms with Crippen molar-refractivity contribution in [3.8, 4) is 5.75 Å². The molecule has 106 valence electrons. The Balaban J connectivity index is 1.94. The monoisotopic (exact) mass is 269 g/mol. The Hall–Kier alpha value is -1.16. The Labute approximate surface area is 113 Å². The zero-order chi connectivity index (χ0) is 13.7. The molecule has 1 saturated carbocycles. The first-order chi connectivity index (χ1) is 9.13. The van der Waals surface area contributed by atoms with Crippen LogP contribution < -0.4 is 10.1 Å². The Morgan fingerprint density at radius 3 is 2.37 bits per heavy atom. The topological polar surface area (TPSA) is 21.3 Å². The number of benzene rings is 1. The predicted octanol–water partition coefficient (Wildman–Crippen LogP) is 3.66. The number of rotatable bonds is 7. The van der Waals surface area contributed by atoms with Crippen molar-refractivity contribution in [1.29, 1.82) is 0 Å². The first-order valence-electron chi connectivity index (χ1n) is 6.99. The van der Waals surface area contributed by atoms with Crippen LogP contribution in [0.25, 0.3) is 0 Å². The molecule has 19 heavy (non-hydrogen) atoms. The molecule has 4 heteroatoms. The highest BCUT2D eigenvalue weighted by molar-refractivity contribution is 5.25. The maximum atomic E-state index is 13.1. The van der Waals surface area contributed by atoms with Crippen LogP contribution in [0.1, 0.15) is 39.0 Å². The molecule has 1 aliphatic carbocycles. The van der Waals surface area contributed by atoms with E-state index >= 15 is 0 Å². The highest BCUT2D eigenvalue weighted by atomic mass is 19.1. The zero-order valence-corrected chi connectivity index (χ0v) is 11.3. The van der Waals surface area contributed by atoms with Crippen molar-refractivity contribution in [2.24, 2.45) is 0 Å². The first-order valence-corrected chi connectivity index (χ1v) is 6.99. The van der Waals surface area contributed by atoms with Crippen molar-refractivity contribution in [3.05, 3.63) is 29.8 Å². The van der Waals surface area contributed by atoms with Gasteiger partial charge in [-0.3, -0.25) is 0 Å². The molecule has 1 aromatic carbocycles. The normalized spacial score (nSPS) is 17.0. The molecule has 0 atom stereocenters. The van der Waals surface area contributed by atoms with E-state index in [-0.39, 0.29) is 5.60 Å². The van der Waals surface area contributed by atoms with E-state index in [0.717, 1.165) is 51.3 Å². The number of nitrogens with one attached hydrogen (secondary N) is 1. The molecule has 0 amide bonds. The summed E-state index contributed by atoms with van der Waals surface area (Å²) < 4.78 is 32.2. The summed E-state index contributed by atoms with van der Waals surface area (Å²) in [5.41, 5.74) is -0.235. The van der Waals surface area contributed by atoms with E-state index in [2.05, 4.69) is 12.2 Å². The van der Waals surface area contributed by atoms with Crippen LogP contribution in [-0.4, -0.2) is 18.7 Å². The van der Waals surface area contributed by atoms with Gasteiger partial charge in [0.15, 0.2) is 0 Å². The first kappa shape index (κ1) is 14.3. The molecule has 1 aliphatic rings. The molecule has 0 bridgehead atoms. The highest BCUT2D eigenvalue weighted by Crippen LogP contribution is 2.39. The molecule has 0 saturated heterocycles. The molecule has 0 unspecified atom stereocenters. The van der Waals surface area contributed by atoms with E-state index < -0.39 is 11.6 Å². The smallest absolute Gasteiger partial charge is 0.129 e. The lowest BCUT2D eigenvalue weighted by atomic mass is 9.77. The van der Waals surface area contributed by atoms with Crippen LogP contribution in [0.5, 0.6) is 5.75 Å². The average Bonchev–Trinajstić information content (AvgIpc) is 2.30. The molecule has 0 spiro atoms. The summed E-state index contributed by atoms with van der Waals surface area (Å²) in [6, 6.07) is 3.37. The Bertz CT molecular complexity index is 398. The predicted molar refractivity (Wildman–Crippen MR) is 71.3 cm³/mol. The van der Waals surface area contributed by atoms with Crippen LogP contribution in [-0.2, 0) is 0 Å². The minimum atomic E-state index is -0.589. The number of hydrogen-bond donors (Lipinski definition) is 1. The molecule has 1 N–H and O–H groups in total. The molecule has 0 aromatic heterocycles. The molecule has 2 rings (SSSR count). The van der Waals surface area contributed by atoms with Crippen LogP contribution in [0.3, 0.4) is 0 Å². The van der Waals surface area contributed by atoms with E-state index in [1.807, 2.05) is 0 Å². The fourth-order valence-electron chi connectivity index (χ4n) is 2.43. The zero-order valence-electron chi connectivity index (χ0n) is 11.3. The van der Waals surface area contributed by atoms with E-state index in [0.29, 0.717) is 5.75 Å². The summed E-state index contributed by atoms with van der Waals surface area (Å²) in [4.78, 5) is 0. The van der Waals surface area contributed by atoms with Gasteiger partial charge in [0.1, 0.15) is 23.0 Å². The lowest BCUT2D eigenvalue weighted by Crippen LogP contribution is -2.45. The van der Waals surface area contributed by atoms with E-state index in [4.69, 9.17) is 4.74 Å². The lowest BCUT2D eigenvalue weighted by Gasteiger charge is -2.42. The molecule has 2 nitrogen and oxygen atoms in total. The van der Waals surface area contributed by atoms with Crippen LogP contribution in [0.15, 0.2) is 18.2 Å². The molecule has 1 fully saturated rings. The maximum Gasteiger partial charge on any atom is 0.129 e. The Kier molecular flexibility index (Phi) is 4.75. The molecule has 0 radical (unpaired) electrons. The molecule has 0 aliphatic heterocycles.